The Morgan fingerprint density at radius 2 is 2.00 bits per heavy atom. The number of rotatable bonds is 2. The van der Waals surface area contributed by atoms with E-state index >= 15 is 0 Å². The molecule has 0 spiro atoms. The first-order chi connectivity index (χ1) is 7.18. The van der Waals surface area contributed by atoms with Crippen LogP contribution in [0.2, 0.25) is 5.02 Å². The van der Waals surface area contributed by atoms with Crippen molar-refractivity contribution < 1.29 is 4.79 Å². The molecule has 0 amide bonds. The molecule has 0 saturated carbocycles. The van der Waals surface area contributed by atoms with Crippen LogP contribution in [0.4, 0.5) is 0 Å². The van der Waals surface area contributed by atoms with E-state index in [1.807, 2.05) is 0 Å². The van der Waals surface area contributed by atoms with E-state index in [0.717, 1.165) is 0 Å². The van der Waals surface area contributed by atoms with E-state index in [9.17, 15) is 4.79 Å². The van der Waals surface area contributed by atoms with Gasteiger partial charge in [0.15, 0.2) is 5.82 Å². The van der Waals surface area contributed by atoms with Crippen LogP contribution >= 0.6 is 11.6 Å². The number of hydrogen-bond acceptors (Lipinski definition) is 2. The van der Waals surface area contributed by atoms with Crippen LogP contribution in [0.15, 0.2) is 36.7 Å². The summed E-state index contributed by atoms with van der Waals surface area (Å²) in [5.41, 5.74) is 0.591. The Morgan fingerprint density at radius 1 is 1.33 bits per heavy atom. The molecule has 0 atom stereocenters. The number of carbonyl (C=O) groups excluding carboxylic acids is 1. The minimum Gasteiger partial charge on any atom is -0.331 e. The molecule has 0 saturated heterocycles. The lowest BCUT2D eigenvalue weighted by molar-refractivity contribution is 0.102. The molecule has 1 aromatic carbocycles. The fraction of sp³-hybridized carbons (Fsp3) is 0.0909. The van der Waals surface area contributed by atoms with Crippen molar-refractivity contribution in [2.75, 3.05) is 0 Å². The molecule has 76 valence electrons. The van der Waals surface area contributed by atoms with Gasteiger partial charge in [0, 0.05) is 30.0 Å². The second-order valence-corrected chi connectivity index (χ2v) is 3.63. The molecular formula is C11H9ClN2O. The van der Waals surface area contributed by atoms with Crippen molar-refractivity contribution in [3.63, 3.8) is 0 Å². The average Bonchev–Trinajstić information content (AvgIpc) is 2.65. The van der Waals surface area contributed by atoms with Crippen LogP contribution in [0.1, 0.15) is 16.2 Å². The number of aromatic nitrogens is 2. The SMILES string of the molecule is Cn1ccnc1C(=O)c1ccc(Cl)cc1. The molecule has 0 radical (unpaired) electrons. The third-order valence-electron chi connectivity index (χ3n) is 2.13. The second-order valence-electron chi connectivity index (χ2n) is 3.20. The molecule has 0 aliphatic carbocycles. The maximum absolute atomic E-state index is 11.9. The number of hydrogen-bond donors (Lipinski definition) is 0. The summed E-state index contributed by atoms with van der Waals surface area (Å²) < 4.78 is 1.69. The van der Waals surface area contributed by atoms with Crippen molar-refractivity contribution in [3.05, 3.63) is 53.1 Å². The molecule has 0 aliphatic heterocycles. The van der Waals surface area contributed by atoms with Gasteiger partial charge in [-0.2, -0.15) is 0 Å². The van der Waals surface area contributed by atoms with Crippen LogP contribution in [0.25, 0.3) is 0 Å². The first kappa shape index (κ1) is 9.93. The molecule has 1 heterocycles. The molecule has 1 aromatic heterocycles. The number of aryl methyl sites for hydroxylation is 1. The molecule has 3 nitrogen and oxygen atoms in total. The van der Waals surface area contributed by atoms with Crippen LogP contribution < -0.4 is 0 Å². The zero-order chi connectivity index (χ0) is 10.8. The van der Waals surface area contributed by atoms with Crippen molar-refractivity contribution in [1.29, 1.82) is 0 Å². The Bertz CT molecular complexity index is 488. The number of ketones is 1. The smallest absolute Gasteiger partial charge is 0.228 e. The molecule has 4 heteroatoms. The molecule has 0 unspecified atom stereocenters. The highest BCUT2D eigenvalue weighted by atomic mass is 35.5. The molecule has 15 heavy (non-hydrogen) atoms. The van der Waals surface area contributed by atoms with E-state index in [1.165, 1.54) is 0 Å². The van der Waals surface area contributed by atoms with Gasteiger partial charge in [0.05, 0.1) is 0 Å². The summed E-state index contributed by atoms with van der Waals surface area (Å²) in [5.74, 6) is 0.330. The zero-order valence-electron chi connectivity index (χ0n) is 8.14. The highest BCUT2D eigenvalue weighted by Crippen LogP contribution is 2.12. The predicted octanol–water partition coefficient (Wildman–Crippen LogP) is 2.30. The largest absolute Gasteiger partial charge is 0.331 e. The van der Waals surface area contributed by atoms with Crippen LogP contribution in [0.5, 0.6) is 0 Å². The van der Waals surface area contributed by atoms with Crippen LogP contribution in [-0.4, -0.2) is 15.3 Å². The van der Waals surface area contributed by atoms with Crippen molar-refractivity contribution in [2.45, 2.75) is 0 Å². The van der Waals surface area contributed by atoms with Gasteiger partial charge in [-0.3, -0.25) is 4.79 Å². The lowest BCUT2D eigenvalue weighted by Gasteiger charge is -2.00. The van der Waals surface area contributed by atoms with Gasteiger partial charge in [0.2, 0.25) is 5.78 Å². The molecule has 0 fully saturated rings. The topological polar surface area (TPSA) is 34.9 Å². The van der Waals surface area contributed by atoms with Gasteiger partial charge < -0.3 is 4.57 Å². The van der Waals surface area contributed by atoms with Crippen LogP contribution in [0, 0.1) is 0 Å². The van der Waals surface area contributed by atoms with Gasteiger partial charge in [-0.15, -0.1) is 0 Å². The Morgan fingerprint density at radius 3 is 2.53 bits per heavy atom. The Balaban J connectivity index is 2.37. The lowest BCUT2D eigenvalue weighted by atomic mass is 10.1. The van der Waals surface area contributed by atoms with Gasteiger partial charge in [-0.25, -0.2) is 4.98 Å². The fourth-order valence-electron chi connectivity index (χ4n) is 1.31. The van der Waals surface area contributed by atoms with Gasteiger partial charge in [0.1, 0.15) is 0 Å². The molecule has 0 aliphatic rings. The summed E-state index contributed by atoms with van der Waals surface area (Å²) in [6.07, 6.45) is 3.34. The fourth-order valence-corrected chi connectivity index (χ4v) is 1.44. The maximum Gasteiger partial charge on any atom is 0.228 e. The van der Waals surface area contributed by atoms with E-state index in [4.69, 9.17) is 11.6 Å². The van der Waals surface area contributed by atoms with Gasteiger partial charge in [-0.1, -0.05) is 11.6 Å². The summed E-state index contributed by atoms with van der Waals surface area (Å²) in [6.45, 7) is 0. The third-order valence-corrected chi connectivity index (χ3v) is 2.38. The van der Waals surface area contributed by atoms with Gasteiger partial charge in [0.25, 0.3) is 0 Å². The summed E-state index contributed by atoms with van der Waals surface area (Å²) in [7, 11) is 1.79. The number of nitrogens with zero attached hydrogens (tertiary/aromatic N) is 2. The van der Waals surface area contributed by atoms with Crippen LogP contribution in [-0.2, 0) is 7.05 Å². The van der Waals surface area contributed by atoms with Gasteiger partial charge >= 0.3 is 0 Å². The normalized spacial score (nSPS) is 10.3. The number of halogens is 1. The lowest BCUT2D eigenvalue weighted by Crippen LogP contribution is -2.08. The quantitative estimate of drug-likeness (QED) is 0.728. The van der Waals surface area contributed by atoms with E-state index < -0.39 is 0 Å². The first-order valence-corrected chi connectivity index (χ1v) is 4.84. The second kappa shape index (κ2) is 3.87. The maximum atomic E-state index is 11.9. The van der Waals surface area contributed by atoms with Crippen LogP contribution in [0.3, 0.4) is 0 Å². The first-order valence-electron chi connectivity index (χ1n) is 4.46. The zero-order valence-corrected chi connectivity index (χ0v) is 8.90. The molecule has 2 rings (SSSR count). The third kappa shape index (κ3) is 1.92. The summed E-state index contributed by atoms with van der Waals surface area (Å²) >= 11 is 5.74. The van der Waals surface area contributed by atoms with Crippen molar-refractivity contribution in [1.82, 2.24) is 9.55 Å². The Labute approximate surface area is 92.3 Å². The number of imidazole rings is 1. The minimum atomic E-state index is -0.0980. The predicted molar refractivity (Wildman–Crippen MR) is 58.1 cm³/mol. The van der Waals surface area contributed by atoms with E-state index in [-0.39, 0.29) is 5.78 Å². The standard InChI is InChI=1S/C11H9ClN2O/c1-14-7-6-13-11(14)10(15)8-2-4-9(12)5-3-8/h2-7H,1H3. The minimum absolute atomic E-state index is 0.0980. The van der Waals surface area contributed by atoms with Crippen molar-refractivity contribution >= 4 is 17.4 Å². The highest BCUT2D eigenvalue weighted by molar-refractivity contribution is 6.30. The monoisotopic (exact) mass is 220 g/mol. The summed E-state index contributed by atoms with van der Waals surface area (Å²) in [4.78, 5) is 15.9. The average molecular weight is 221 g/mol. The van der Waals surface area contributed by atoms with Gasteiger partial charge in [-0.05, 0) is 24.3 Å². The highest BCUT2D eigenvalue weighted by Gasteiger charge is 2.12. The molecule has 2 aromatic rings. The van der Waals surface area contributed by atoms with E-state index in [1.54, 1.807) is 48.3 Å². The summed E-state index contributed by atoms with van der Waals surface area (Å²) in [6, 6.07) is 6.77. The van der Waals surface area contributed by atoms with E-state index in [0.29, 0.717) is 16.4 Å². The number of benzene rings is 1. The Kier molecular flexibility index (Phi) is 2.56. The van der Waals surface area contributed by atoms with E-state index in [2.05, 4.69) is 4.98 Å². The Hall–Kier alpha value is -1.61. The number of carbonyl (C=O) groups is 1. The molecule has 0 N–H and O–H groups in total. The summed E-state index contributed by atoms with van der Waals surface area (Å²) in [5, 5.41) is 0.617. The van der Waals surface area contributed by atoms with Crippen molar-refractivity contribution in [2.24, 2.45) is 7.05 Å². The molecular weight excluding hydrogens is 212 g/mol. The molecule has 0 bridgehead atoms. The van der Waals surface area contributed by atoms with Crippen molar-refractivity contribution in [3.8, 4) is 0 Å².